The van der Waals surface area contributed by atoms with Crippen LogP contribution in [0, 0.1) is 10.1 Å². The third-order valence-electron chi connectivity index (χ3n) is 4.52. The smallest absolute Gasteiger partial charge is 0.336 e. The molecule has 0 aromatic heterocycles. The van der Waals surface area contributed by atoms with Crippen molar-refractivity contribution in [3.8, 4) is 5.75 Å². The van der Waals surface area contributed by atoms with E-state index < -0.39 is 16.8 Å². The average molecular weight is 396 g/mol. The van der Waals surface area contributed by atoms with Crippen LogP contribution in [0.1, 0.15) is 24.8 Å². The number of para-hydroxylation sites is 1. The maximum Gasteiger partial charge on any atom is 0.336 e. The fraction of sp³-hybridized carbons (Fsp3) is 0.238. The summed E-state index contributed by atoms with van der Waals surface area (Å²) in [7, 11) is 0. The molecule has 0 fully saturated rings. The van der Waals surface area contributed by atoms with Crippen LogP contribution < -0.4 is 10.1 Å². The monoisotopic (exact) mass is 396 g/mol. The highest BCUT2D eigenvalue weighted by Gasteiger charge is 2.33. The van der Waals surface area contributed by atoms with Gasteiger partial charge in [0.1, 0.15) is 19.0 Å². The molecule has 0 spiro atoms. The zero-order valence-electron chi connectivity index (χ0n) is 15.8. The molecule has 1 aliphatic heterocycles. The Hall–Kier alpha value is -3.68. The Morgan fingerprint density at radius 2 is 1.83 bits per heavy atom. The second-order valence-corrected chi connectivity index (χ2v) is 6.49. The normalized spacial score (nSPS) is 16.2. The summed E-state index contributed by atoms with van der Waals surface area (Å²) in [5.74, 6) is -0.642. The molecular weight excluding hydrogens is 376 g/mol. The van der Waals surface area contributed by atoms with E-state index in [0.29, 0.717) is 22.6 Å². The third-order valence-corrected chi connectivity index (χ3v) is 4.52. The zero-order valence-corrected chi connectivity index (χ0v) is 15.8. The van der Waals surface area contributed by atoms with Gasteiger partial charge in [0.05, 0.1) is 10.5 Å². The molecule has 8 heteroatoms. The summed E-state index contributed by atoms with van der Waals surface area (Å²) in [6.45, 7) is 1.87. The number of hydrogen-bond donors (Lipinski definition) is 1. The maximum absolute atomic E-state index is 12.7. The number of nitro groups is 1. The molecule has 3 rings (SSSR count). The standard InChI is InChI=1S/C21H20N2O6/c1-14-20(21(25)29-12-11-28-17-5-3-2-4-6-17)18(13-19(24)22-14)15-7-9-16(10-8-15)23(26)27/h2-10,18H,11-13H2,1H3,(H,22,24)/t18-/m1/s1. The predicted octanol–water partition coefficient (Wildman–Crippen LogP) is 3.09. The Kier molecular flexibility index (Phi) is 6.23. The summed E-state index contributed by atoms with van der Waals surface area (Å²) >= 11 is 0. The molecule has 2 aromatic carbocycles. The van der Waals surface area contributed by atoms with Crippen LogP contribution >= 0.6 is 0 Å². The summed E-state index contributed by atoms with van der Waals surface area (Å²) in [5, 5.41) is 13.5. The van der Waals surface area contributed by atoms with E-state index in [0.717, 1.165) is 0 Å². The van der Waals surface area contributed by atoms with Gasteiger partial charge in [-0.3, -0.25) is 14.9 Å². The Balaban J connectivity index is 1.69. The molecule has 1 N–H and O–H groups in total. The van der Waals surface area contributed by atoms with Crippen LogP contribution in [0.2, 0.25) is 0 Å². The van der Waals surface area contributed by atoms with E-state index in [9.17, 15) is 19.7 Å². The molecule has 150 valence electrons. The van der Waals surface area contributed by atoms with Crippen molar-refractivity contribution < 1.29 is 24.0 Å². The molecule has 1 heterocycles. The van der Waals surface area contributed by atoms with Crippen molar-refractivity contribution in [2.75, 3.05) is 13.2 Å². The lowest BCUT2D eigenvalue weighted by Crippen LogP contribution is -2.34. The number of nitrogens with zero attached hydrogens (tertiary/aromatic N) is 1. The van der Waals surface area contributed by atoms with Gasteiger partial charge >= 0.3 is 5.97 Å². The lowest BCUT2D eigenvalue weighted by molar-refractivity contribution is -0.384. The third kappa shape index (κ3) is 4.98. The molecule has 1 aliphatic rings. The number of rotatable bonds is 7. The van der Waals surface area contributed by atoms with Crippen molar-refractivity contribution in [2.24, 2.45) is 0 Å². The Morgan fingerprint density at radius 3 is 2.48 bits per heavy atom. The highest BCUT2D eigenvalue weighted by molar-refractivity contribution is 5.95. The molecular formula is C21H20N2O6. The molecule has 1 amide bonds. The number of esters is 1. The van der Waals surface area contributed by atoms with Crippen molar-refractivity contribution in [1.82, 2.24) is 5.32 Å². The number of benzene rings is 2. The molecule has 0 aliphatic carbocycles. The number of nitrogens with one attached hydrogen (secondary N) is 1. The van der Waals surface area contributed by atoms with E-state index >= 15 is 0 Å². The first-order valence-corrected chi connectivity index (χ1v) is 9.05. The number of ether oxygens (including phenoxy) is 2. The van der Waals surface area contributed by atoms with Gasteiger partial charge < -0.3 is 14.8 Å². The molecule has 0 saturated heterocycles. The van der Waals surface area contributed by atoms with Gasteiger partial charge in [0.2, 0.25) is 5.91 Å². The van der Waals surface area contributed by atoms with E-state index in [-0.39, 0.29) is 31.2 Å². The number of carbonyl (C=O) groups is 2. The van der Waals surface area contributed by atoms with Gasteiger partial charge in [-0.15, -0.1) is 0 Å². The minimum atomic E-state index is -0.553. The SMILES string of the molecule is CC1=C(C(=O)OCCOc2ccccc2)[C@@H](c2ccc([N+](=O)[O-])cc2)CC(=O)N1. The first kappa shape index (κ1) is 20.1. The first-order chi connectivity index (χ1) is 14.0. The Bertz CT molecular complexity index is 937. The summed E-state index contributed by atoms with van der Waals surface area (Å²) in [4.78, 5) is 35.0. The Morgan fingerprint density at radius 1 is 1.14 bits per heavy atom. The largest absolute Gasteiger partial charge is 0.490 e. The molecule has 0 bridgehead atoms. The van der Waals surface area contributed by atoms with E-state index in [1.54, 1.807) is 31.2 Å². The van der Waals surface area contributed by atoms with Gasteiger partial charge in [-0.05, 0) is 24.6 Å². The lowest BCUT2D eigenvalue weighted by atomic mass is 9.84. The van der Waals surface area contributed by atoms with Gasteiger partial charge in [-0.1, -0.05) is 30.3 Å². The molecule has 29 heavy (non-hydrogen) atoms. The number of hydrogen-bond acceptors (Lipinski definition) is 6. The van der Waals surface area contributed by atoms with Crippen LogP contribution in [-0.4, -0.2) is 30.0 Å². The van der Waals surface area contributed by atoms with Crippen molar-refractivity contribution in [2.45, 2.75) is 19.3 Å². The molecule has 2 aromatic rings. The van der Waals surface area contributed by atoms with Crippen LogP contribution in [0.4, 0.5) is 5.69 Å². The van der Waals surface area contributed by atoms with Gasteiger partial charge in [0.15, 0.2) is 0 Å². The number of allylic oxidation sites excluding steroid dienone is 1. The fourth-order valence-corrected chi connectivity index (χ4v) is 3.17. The van der Waals surface area contributed by atoms with E-state index in [1.807, 2.05) is 18.2 Å². The van der Waals surface area contributed by atoms with E-state index in [2.05, 4.69) is 5.32 Å². The van der Waals surface area contributed by atoms with Crippen LogP contribution in [0.15, 0.2) is 65.9 Å². The number of amides is 1. The van der Waals surface area contributed by atoms with Gasteiger partial charge in [0.25, 0.3) is 5.69 Å². The maximum atomic E-state index is 12.7. The second-order valence-electron chi connectivity index (χ2n) is 6.49. The summed E-state index contributed by atoms with van der Waals surface area (Å²) in [5.41, 5.74) is 1.32. The van der Waals surface area contributed by atoms with Gasteiger partial charge in [0, 0.05) is 30.2 Å². The molecule has 8 nitrogen and oxygen atoms in total. The van der Waals surface area contributed by atoms with Crippen molar-refractivity contribution in [1.29, 1.82) is 0 Å². The number of non-ortho nitro benzene ring substituents is 1. The highest BCUT2D eigenvalue weighted by Crippen LogP contribution is 2.34. The molecule has 0 radical (unpaired) electrons. The first-order valence-electron chi connectivity index (χ1n) is 9.05. The average Bonchev–Trinajstić information content (AvgIpc) is 2.71. The number of carbonyl (C=O) groups excluding carboxylic acids is 2. The quantitative estimate of drug-likeness (QED) is 0.333. The predicted molar refractivity (Wildman–Crippen MR) is 104 cm³/mol. The molecule has 0 unspecified atom stereocenters. The van der Waals surface area contributed by atoms with Crippen LogP contribution in [0.3, 0.4) is 0 Å². The number of nitro benzene ring substituents is 1. The van der Waals surface area contributed by atoms with Crippen LogP contribution in [0.5, 0.6) is 5.75 Å². The zero-order chi connectivity index (χ0) is 20.8. The van der Waals surface area contributed by atoms with E-state index in [1.165, 1.54) is 12.1 Å². The van der Waals surface area contributed by atoms with Crippen molar-refractivity contribution in [3.63, 3.8) is 0 Å². The molecule has 1 atom stereocenters. The summed E-state index contributed by atoms with van der Waals surface area (Å²) in [6.07, 6.45) is 0.0557. The highest BCUT2D eigenvalue weighted by atomic mass is 16.6. The Labute approximate surface area is 167 Å². The topological polar surface area (TPSA) is 108 Å². The van der Waals surface area contributed by atoms with Gasteiger partial charge in [-0.25, -0.2) is 4.79 Å². The van der Waals surface area contributed by atoms with Crippen LogP contribution in [0.25, 0.3) is 0 Å². The second kappa shape index (κ2) is 9.01. The van der Waals surface area contributed by atoms with Crippen molar-refractivity contribution in [3.05, 3.63) is 81.5 Å². The summed E-state index contributed by atoms with van der Waals surface area (Å²) in [6, 6.07) is 15.0. The van der Waals surface area contributed by atoms with Crippen LogP contribution in [-0.2, 0) is 14.3 Å². The van der Waals surface area contributed by atoms with E-state index in [4.69, 9.17) is 9.47 Å². The van der Waals surface area contributed by atoms with Crippen molar-refractivity contribution >= 4 is 17.6 Å². The minimum Gasteiger partial charge on any atom is -0.490 e. The van der Waals surface area contributed by atoms with Gasteiger partial charge in [-0.2, -0.15) is 0 Å². The summed E-state index contributed by atoms with van der Waals surface area (Å²) < 4.78 is 10.8. The fourth-order valence-electron chi connectivity index (χ4n) is 3.17. The lowest BCUT2D eigenvalue weighted by Gasteiger charge is -2.26. The minimum absolute atomic E-state index is 0.0471. The molecule has 0 saturated carbocycles.